The van der Waals surface area contributed by atoms with Crippen molar-refractivity contribution in [2.24, 2.45) is 0 Å². The average Bonchev–Trinajstić information content (AvgIpc) is 2.60. The Morgan fingerprint density at radius 1 is 1.20 bits per heavy atom. The fourth-order valence-electron chi connectivity index (χ4n) is 2.54. The summed E-state index contributed by atoms with van der Waals surface area (Å²) >= 11 is 0. The first-order valence-corrected chi connectivity index (χ1v) is 8.19. The molecule has 3 rings (SSSR count). The lowest BCUT2D eigenvalue weighted by atomic mass is 10.1. The van der Waals surface area contributed by atoms with Gasteiger partial charge in [-0.1, -0.05) is 18.7 Å². The van der Waals surface area contributed by atoms with E-state index >= 15 is 0 Å². The molecule has 0 saturated carbocycles. The van der Waals surface area contributed by atoms with Crippen LogP contribution in [0.15, 0.2) is 54.6 Å². The summed E-state index contributed by atoms with van der Waals surface area (Å²) in [4.78, 5) is 12.3. The molecule has 2 aromatic rings. The minimum Gasteiger partial charge on any atom is -0.490 e. The highest BCUT2D eigenvalue weighted by atomic mass is 16.5. The zero-order valence-electron chi connectivity index (χ0n) is 14.4. The van der Waals surface area contributed by atoms with Crippen molar-refractivity contribution in [3.63, 3.8) is 0 Å². The van der Waals surface area contributed by atoms with Gasteiger partial charge in [-0.25, -0.2) is 0 Å². The fraction of sp³-hybridized carbons (Fsp3) is 0.250. The van der Waals surface area contributed by atoms with E-state index < -0.39 is 6.23 Å². The lowest BCUT2D eigenvalue weighted by Gasteiger charge is -2.27. The Balaban J connectivity index is 1.86. The molecular weight excluding hydrogens is 318 g/mol. The van der Waals surface area contributed by atoms with Gasteiger partial charge in [-0.3, -0.25) is 4.79 Å². The topological polar surface area (TPSA) is 56.8 Å². The van der Waals surface area contributed by atoms with Gasteiger partial charge >= 0.3 is 0 Å². The van der Waals surface area contributed by atoms with Crippen LogP contribution in [0.5, 0.6) is 17.2 Å². The van der Waals surface area contributed by atoms with Crippen LogP contribution >= 0.6 is 0 Å². The zero-order valence-corrected chi connectivity index (χ0v) is 14.4. The second-order valence-electron chi connectivity index (χ2n) is 5.85. The normalized spacial score (nSPS) is 15.6. The Bertz CT molecular complexity index is 800. The minimum atomic E-state index is -0.572. The van der Waals surface area contributed by atoms with E-state index in [0.29, 0.717) is 36.0 Å². The molecule has 1 aliphatic rings. The molecule has 130 valence electrons. The van der Waals surface area contributed by atoms with Gasteiger partial charge in [-0.05, 0) is 49.8 Å². The molecule has 5 nitrogen and oxygen atoms in total. The summed E-state index contributed by atoms with van der Waals surface area (Å²) in [5.74, 6) is 1.65. The van der Waals surface area contributed by atoms with Crippen LogP contribution in [-0.2, 0) is 0 Å². The molecule has 0 aromatic heterocycles. The number of carbonyl (C=O) groups is 1. The van der Waals surface area contributed by atoms with Crippen molar-refractivity contribution in [3.8, 4) is 17.2 Å². The van der Waals surface area contributed by atoms with Gasteiger partial charge < -0.3 is 19.5 Å². The van der Waals surface area contributed by atoms with Crippen LogP contribution in [0.3, 0.4) is 0 Å². The maximum atomic E-state index is 12.3. The van der Waals surface area contributed by atoms with E-state index in [1.54, 1.807) is 12.1 Å². The van der Waals surface area contributed by atoms with Gasteiger partial charge in [-0.15, -0.1) is 0 Å². The summed E-state index contributed by atoms with van der Waals surface area (Å²) in [5, 5.41) is 2.86. The van der Waals surface area contributed by atoms with Crippen LogP contribution in [0.2, 0.25) is 0 Å². The first kappa shape index (κ1) is 16.9. The van der Waals surface area contributed by atoms with Gasteiger partial charge in [0.2, 0.25) is 0 Å². The van der Waals surface area contributed by atoms with Gasteiger partial charge in [0.25, 0.3) is 5.91 Å². The summed E-state index contributed by atoms with van der Waals surface area (Å²) in [6.45, 7) is 8.57. The summed E-state index contributed by atoms with van der Waals surface area (Å²) in [6, 6.07) is 12.7. The van der Waals surface area contributed by atoms with Crippen LogP contribution in [0, 0.1) is 0 Å². The Hall–Kier alpha value is -2.95. The minimum absolute atomic E-state index is 0.160. The van der Waals surface area contributed by atoms with Gasteiger partial charge in [0, 0.05) is 5.56 Å². The van der Waals surface area contributed by atoms with E-state index in [9.17, 15) is 4.79 Å². The van der Waals surface area contributed by atoms with E-state index in [4.69, 9.17) is 14.2 Å². The third kappa shape index (κ3) is 3.76. The standard InChI is InChI=1S/C20H21NO4/c1-4-23-18-11-14(9-10-17(18)24-12-13(2)3)20-21-19(22)15-7-5-6-8-16(15)25-20/h5-11,20H,2,4,12H2,1,3H3,(H,21,22)/t20-/m1/s1. The molecule has 0 bridgehead atoms. The molecule has 1 atom stereocenters. The monoisotopic (exact) mass is 339 g/mol. The number of nitrogens with one attached hydrogen (secondary N) is 1. The molecule has 0 radical (unpaired) electrons. The van der Waals surface area contributed by atoms with Crippen molar-refractivity contribution in [1.82, 2.24) is 5.32 Å². The SMILES string of the molecule is C=C(C)COc1ccc([C@@H]2NC(=O)c3ccccc3O2)cc1OCC. The number of carbonyl (C=O) groups excluding carboxylic acids is 1. The fourth-order valence-corrected chi connectivity index (χ4v) is 2.54. The van der Waals surface area contributed by atoms with Crippen LogP contribution in [0.1, 0.15) is 36.0 Å². The summed E-state index contributed by atoms with van der Waals surface area (Å²) in [7, 11) is 0. The maximum Gasteiger partial charge on any atom is 0.258 e. The first-order chi connectivity index (χ1) is 12.1. The smallest absolute Gasteiger partial charge is 0.258 e. The molecule has 0 spiro atoms. The summed E-state index contributed by atoms with van der Waals surface area (Å²) in [6.07, 6.45) is -0.572. The van der Waals surface area contributed by atoms with Crippen molar-refractivity contribution < 1.29 is 19.0 Å². The van der Waals surface area contributed by atoms with E-state index in [2.05, 4.69) is 11.9 Å². The molecule has 1 heterocycles. The predicted molar refractivity (Wildman–Crippen MR) is 95.2 cm³/mol. The largest absolute Gasteiger partial charge is 0.490 e. The number of rotatable bonds is 6. The number of para-hydroxylation sites is 1. The molecule has 1 aliphatic heterocycles. The molecule has 1 amide bonds. The van der Waals surface area contributed by atoms with Gasteiger partial charge in [0.05, 0.1) is 12.2 Å². The highest BCUT2D eigenvalue weighted by molar-refractivity contribution is 5.98. The third-order valence-electron chi connectivity index (χ3n) is 3.68. The molecule has 0 fully saturated rings. The Labute approximate surface area is 147 Å². The van der Waals surface area contributed by atoms with E-state index in [1.807, 2.05) is 44.2 Å². The van der Waals surface area contributed by atoms with Crippen molar-refractivity contribution in [2.45, 2.75) is 20.1 Å². The van der Waals surface area contributed by atoms with Gasteiger partial charge in [-0.2, -0.15) is 0 Å². The third-order valence-corrected chi connectivity index (χ3v) is 3.68. The number of amides is 1. The quantitative estimate of drug-likeness (QED) is 0.812. The molecule has 1 N–H and O–H groups in total. The maximum absolute atomic E-state index is 12.3. The molecule has 2 aromatic carbocycles. The average molecular weight is 339 g/mol. The Morgan fingerprint density at radius 3 is 2.76 bits per heavy atom. The second-order valence-corrected chi connectivity index (χ2v) is 5.85. The van der Waals surface area contributed by atoms with Crippen LogP contribution in [-0.4, -0.2) is 19.1 Å². The number of ether oxygens (including phenoxy) is 3. The highest BCUT2D eigenvalue weighted by Gasteiger charge is 2.27. The molecule has 0 saturated heterocycles. The van der Waals surface area contributed by atoms with E-state index in [-0.39, 0.29) is 5.91 Å². The molecule has 25 heavy (non-hydrogen) atoms. The van der Waals surface area contributed by atoms with Crippen LogP contribution in [0.4, 0.5) is 0 Å². The van der Waals surface area contributed by atoms with Crippen molar-refractivity contribution in [2.75, 3.05) is 13.2 Å². The van der Waals surface area contributed by atoms with E-state index in [1.165, 1.54) is 0 Å². The second kappa shape index (κ2) is 7.30. The number of hydrogen-bond donors (Lipinski definition) is 1. The van der Waals surface area contributed by atoms with E-state index in [0.717, 1.165) is 11.1 Å². The predicted octanol–water partition coefficient (Wildman–Crippen LogP) is 3.86. The lowest BCUT2D eigenvalue weighted by molar-refractivity contribution is 0.0755. The molecule has 5 heteroatoms. The van der Waals surface area contributed by atoms with Gasteiger partial charge in [0.15, 0.2) is 17.7 Å². The molecule has 0 unspecified atom stereocenters. The van der Waals surface area contributed by atoms with Crippen molar-refractivity contribution in [3.05, 3.63) is 65.7 Å². The molecular formula is C20H21NO4. The first-order valence-electron chi connectivity index (χ1n) is 8.19. The lowest BCUT2D eigenvalue weighted by Crippen LogP contribution is -2.36. The Morgan fingerprint density at radius 2 is 2.00 bits per heavy atom. The summed E-state index contributed by atoms with van der Waals surface area (Å²) < 4.78 is 17.3. The van der Waals surface area contributed by atoms with Crippen molar-refractivity contribution >= 4 is 5.91 Å². The highest BCUT2D eigenvalue weighted by Crippen LogP contribution is 2.34. The van der Waals surface area contributed by atoms with Gasteiger partial charge in [0.1, 0.15) is 12.4 Å². The Kier molecular flexibility index (Phi) is 4.93. The summed E-state index contributed by atoms with van der Waals surface area (Å²) in [5.41, 5.74) is 2.24. The zero-order chi connectivity index (χ0) is 17.8. The number of benzene rings is 2. The van der Waals surface area contributed by atoms with Crippen LogP contribution in [0.25, 0.3) is 0 Å². The molecule has 0 aliphatic carbocycles. The number of hydrogen-bond acceptors (Lipinski definition) is 4. The number of fused-ring (bicyclic) bond motifs is 1. The van der Waals surface area contributed by atoms with Crippen LogP contribution < -0.4 is 19.5 Å². The van der Waals surface area contributed by atoms with Crippen molar-refractivity contribution in [1.29, 1.82) is 0 Å².